The number of anilines is 1. The zero-order valence-electron chi connectivity index (χ0n) is 16.4. The first-order chi connectivity index (χ1) is 13.6. The minimum atomic E-state index is -0.0158. The fourth-order valence-corrected chi connectivity index (χ4v) is 3.33. The van der Waals surface area contributed by atoms with E-state index < -0.39 is 0 Å². The van der Waals surface area contributed by atoms with E-state index >= 15 is 0 Å². The van der Waals surface area contributed by atoms with E-state index in [1.54, 1.807) is 0 Å². The average molecular weight is 378 g/mol. The number of carbonyl (C=O) groups excluding carboxylic acids is 1. The molecular weight excluding hydrogens is 352 g/mol. The number of nitrogens with zero attached hydrogens (tertiary/aromatic N) is 2. The molecule has 146 valence electrons. The molecule has 0 aromatic heterocycles. The lowest BCUT2D eigenvalue weighted by Gasteiger charge is -2.40. The lowest BCUT2D eigenvalue weighted by molar-refractivity contribution is -0.118. The van der Waals surface area contributed by atoms with E-state index in [2.05, 4.69) is 17.0 Å². The van der Waals surface area contributed by atoms with E-state index in [4.69, 9.17) is 14.7 Å². The molecule has 0 radical (unpaired) electrons. The van der Waals surface area contributed by atoms with Gasteiger partial charge < -0.3 is 14.4 Å². The van der Waals surface area contributed by atoms with Crippen molar-refractivity contribution in [3.63, 3.8) is 0 Å². The van der Waals surface area contributed by atoms with Crippen molar-refractivity contribution in [2.24, 2.45) is 0 Å². The zero-order valence-corrected chi connectivity index (χ0v) is 16.4. The molecule has 5 heteroatoms. The summed E-state index contributed by atoms with van der Waals surface area (Å²) in [7, 11) is 0. The molecule has 28 heavy (non-hydrogen) atoms. The van der Waals surface area contributed by atoms with Crippen LogP contribution in [0.1, 0.15) is 38.2 Å². The summed E-state index contributed by atoms with van der Waals surface area (Å²) in [6.07, 6.45) is 0.554. The van der Waals surface area contributed by atoms with E-state index in [0.29, 0.717) is 13.0 Å². The van der Waals surface area contributed by atoms with Gasteiger partial charge in [-0.25, -0.2) is 0 Å². The summed E-state index contributed by atoms with van der Waals surface area (Å²) in [5.74, 6) is 1.83. The summed E-state index contributed by atoms with van der Waals surface area (Å²) >= 11 is 0. The van der Waals surface area contributed by atoms with Gasteiger partial charge in [-0.05, 0) is 54.8 Å². The molecule has 0 N–H and O–H groups in total. The number of rotatable bonds is 9. The van der Waals surface area contributed by atoms with E-state index in [-0.39, 0.29) is 24.2 Å². The summed E-state index contributed by atoms with van der Waals surface area (Å²) in [4.78, 5) is 13.9. The molecule has 0 amide bonds. The van der Waals surface area contributed by atoms with Crippen molar-refractivity contribution in [1.29, 1.82) is 5.26 Å². The number of benzene rings is 2. The first-order valence-corrected chi connectivity index (χ1v) is 9.72. The molecule has 0 aliphatic carbocycles. The number of hydrogen-bond donors (Lipinski definition) is 0. The van der Waals surface area contributed by atoms with Crippen molar-refractivity contribution in [3.8, 4) is 17.6 Å². The predicted octanol–water partition coefficient (Wildman–Crippen LogP) is 4.33. The Balaban J connectivity index is 1.47. The second kappa shape index (κ2) is 9.27. The first kappa shape index (κ1) is 19.8. The summed E-state index contributed by atoms with van der Waals surface area (Å²) < 4.78 is 11.5. The lowest BCUT2D eigenvalue weighted by atomic mass is 9.95. The SMILES string of the molecule is CCOc1ccc(N2CC(Oc3ccc([C@H](C)CC(=O)CC#N)cc3)C2)cc1. The smallest absolute Gasteiger partial charge is 0.147 e. The van der Waals surface area contributed by atoms with Crippen LogP contribution in [0.25, 0.3) is 0 Å². The third-order valence-corrected chi connectivity index (χ3v) is 4.92. The maximum atomic E-state index is 11.6. The van der Waals surface area contributed by atoms with Gasteiger partial charge in [0.1, 0.15) is 23.4 Å². The fourth-order valence-electron chi connectivity index (χ4n) is 3.33. The highest BCUT2D eigenvalue weighted by molar-refractivity contribution is 5.81. The van der Waals surface area contributed by atoms with Crippen LogP contribution >= 0.6 is 0 Å². The van der Waals surface area contributed by atoms with E-state index in [1.807, 2.05) is 56.3 Å². The Morgan fingerprint density at radius 3 is 2.39 bits per heavy atom. The van der Waals surface area contributed by atoms with Crippen molar-refractivity contribution >= 4 is 11.5 Å². The molecule has 1 atom stereocenters. The van der Waals surface area contributed by atoms with Gasteiger partial charge >= 0.3 is 0 Å². The van der Waals surface area contributed by atoms with Gasteiger partial charge in [-0.15, -0.1) is 0 Å². The highest BCUT2D eigenvalue weighted by Gasteiger charge is 2.28. The van der Waals surface area contributed by atoms with Gasteiger partial charge in [0.2, 0.25) is 0 Å². The summed E-state index contributed by atoms with van der Waals surface area (Å²) in [6.45, 7) is 6.37. The minimum absolute atomic E-state index is 0.0147. The van der Waals surface area contributed by atoms with Gasteiger partial charge in [-0.2, -0.15) is 5.26 Å². The predicted molar refractivity (Wildman–Crippen MR) is 109 cm³/mol. The lowest BCUT2D eigenvalue weighted by Crippen LogP contribution is -2.54. The Morgan fingerprint density at radius 2 is 1.79 bits per heavy atom. The molecule has 1 aliphatic rings. The number of nitriles is 1. The molecule has 1 saturated heterocycles. The van der Waals surface area contributed by atoms with Crippen molar-refractivity contribution in [2.75, 3.05) is 24.6 Å². The van der Waals surface area contributed by atoms with Crippen LogP contribution in [0, 0.1) is 11.3 Å². The second-order valence-electron chi connectivity index (χ2n) is 7.12. The third kappa shape index (κ3) is 5.04. The number of hydrogen-bond acceptors (Lipinski definition) is 5. The van der Waals surface area contributed by atoms with E-state index in [1.165, 1.54) is 5.69 Å². The van der Waals surface area contributed by atoms with Gasteiger partial charge in [0.15, 0.2) is 0 Å². The molecule has 1 fully saturated rings. The Bertz CT molecular complexity index is 818. The maximum absolute atomic E-state index is 11.6. The summed E-state index contributed by atoms with van der Waals surface area (Å²) in [5, 5.41) is 8.60. The van der Waals surface area contributed by atoms with Gasteiger partial charge in [0.05, 0.1) is 32.2 Å². The van der Waals surface area contributed by atoms with Gasteiger partial charge in [0, 0.05) is 12.1 Å². The van der Waals surface area contributed by atoms with Crippen LogP contribution in [0.5, 0.6) is 11.5 Å². The highest BCUT2D eigenvalue weighted by Crippen LogP contribution is 2.27. The molecule has 0 unspecified atom stereocenters. The normalized spacial score (nSPS) is 14.7. The van der Waals surface area contributed by atoms with Crippen LogP contribution in [-0.2, 0) is 4.79 Å². The van der Waals surface area contributed by atoms with Gasteiger partial charge in [0.25, 0.3) is 0 Å². The molecular formula is C23H26N2O3. The Morgan fingerprint density at radius 1 is 1.14 bits per heavy atom. The van der Waals surface area contributed by atoms with Gasteiger partial charge in [-0.1, -0.05) is 19.1 Å². The van der Waals surface area contributed by atoms with Crippen LogP contribution in [0.3, 0.4) is 0 Å². The zero-order chi connectivity index (χ0) is 19.9. The first-order valence-electron chi connectivity index (χ1n) is 9.72. The summed E-state index contributed by atoms with van der Waals surface area (Å²) in [5.41, 5.74) is 2.26. The highest BCUT2D eigenvalue weighted by atomic mass is 16.5. The number of ketones is 1. The molecule has 3 rings (SSSR count). The molecule has 0 bridgehead atoms. The van der Waals surface area contributed by atoms with Crippen molar-refractivity contribution < 1.29 is 14.3 Å². The number of ether oxygens (including phenoxy) is 2. The average Bonchev–Trinajstić information content (AvgIpc) is 2.66. The standard InChI is InChI=1S/C23H26N2O3/c1-3-27-21-10-6-19(7-11-21)25-15-23(16-25)28-22-8-4-18(5-9-22)17(2)14-20(26)12-13-24/h4-11,17,23H,3,12,14-16H2,1-2H3/t17-/m1/s1. The Labute approximate surface area is 166 Å². The molecule has 2 aromatic carbocycles. The number of carbonyl (C=O) groups is 1. The summed E-state index contributed by atoms with van der Waals surface area (Å²) in [6, 6.07) is 18.0. The van der Waals surface area contributed by atoms with E-state index in [9.17, 15) is 4.79 Å². The van der Waals surface area contributed by atoms with Gasteiger partial charge in [-0.3, -0.25) is 4.79 Å². The Hall–Kier alpha value is -3.00. The fraction of sp³-hybridized carbons (Fsp3) is 0.391. The Kier molecular flexibility index (Phi) is 6.54. The van der Waals surface area contributed by atoms with Crippen LogP contribution in [0.15, 0.2) is 48.5 Å². The number of Topliss-reactive ketones (excluding diaryl/α,β-unsaturated/α-hetero) is 1. The quantitative estimate of drug-likeness (QED) is 0.650. The molecule has 5 nitrogen and oxygen atoms in total. The third-order valence-electron chi connectivity index (χ3n) is 4.92. The van der Waals surface area contributed by atoms with Crippen LogP contribution in [0.4, 0.5) is 5.69 Å². The second-order valence-corrected chi connectivity index (χ2v) is 7.12. The molecule has 0 spiro atoms. The minimum Gasteiger partial charge on any atom is -0.494 e. The molecule has 1 aliphatic heterocycles. The monoisotopic (exact) mass is 378 g/mol. The van der Waals surface area contributed by atoms with Crippen molar-refractivity contribution in [2.45, 2.75) is 38.7 Å². The largest absolute Gasteiger partial charge is 0.494 e. The van der Waals surface area contributed by atoms with Crippen molar-refractivity contribution in [3.05, 3.63) is 54.1 Å². The molecule has 1 heterocycles. The maximum Gasteiger partial charge on any atom is 0.147 e. The molecule has 0 saturated carbocycles. The van der Waals surface area contributed by atoms with Crippen molar-refractivity contribution in [1.82, 2.24) is 0 Å². The van der Waals surface area contributed by atoms with Crippen LogP contribution in [0.2, 0.25) is 0 Å². The van der Waals surface area contributed by atoms with E-state index in [0.717, 1.165) is 30.2 Å². The van der Waals surface area contributed by atoms with Crippen LogP contribution in [-0.4, -0.2) is 31.6 Å². The molecule has 2 aromatic rings. The van der Waals surface area contributed by atoms with Crippen LogP contribution < -0.4 is 14.4 Å². The topological polar surface area (TPSA) is 62.6 Å².